The van der Waals surface area contributed by atoms with Gasteiger partial charge in [0.2, 0.25) is 0 Å². The fraction of sp³-hybridized carbons (Fsp3) is 0.462. The molecule has 16 heavy (non-hydrogen) atoms. The summed E-state index contributed by atoms with van der Waals surface area (Å²) in [6.07, 6.45) is 1.97. The summed E-state index contributed by atoms with van der Waals surface area (Å²) in [4.78, 5) is 7.84. The smallest absolute Gasteiger partial charge is 0.106 e. The second-order valence-electron chi connectivity index (χ2n) is 4.29. The molecule has 0 aliphatic rings. The third-order valence-corrected chi connectivity index (χ3v) is 3.06. The van der Waals surface area contributed by atoms with E-state index in [0.29, 0.717) is 5.92 Å². The molecule has 0 spiro atoms. The Kier molecular flexibility index (Phi) is 3.25. The molecule has 0 aliphatic carbocycles. The highest BCUT2D eigenvalue weighted by Crippen LogP contribution is 2.22. The number of H-pyrrole nitrogens is 1. The average Bonchev–Trinajstić information content (AvgIpc) is 2.70. The Balaban J connectivity index is 2.35. The molecule has 3 nitrogen and oxygen atoms in total. The van der Waals surface area contributed by atoms with Gasteiger partial charge in [0.05, 0.1) is 11.0 Å². The minimum atomic E-state index is 0.516. The molecule has 1 heterocycles. The summed E-state index contributed by atoms with van der Waals surface area (Å²) in [6.45, 7) is 5.06. The lowest BCUT2D eigenvalue weighted by molar-refractivity contribution is 0.691. The van der Waals surface area contributed by atoms with Crippen LogP contribution in [0.5, 0.6) is 0 Å². The highest BCUT2D eigenvalue weighted by Gasteiger charge is 2.07. The maximum absolute atomic E-state index is 5.58. The Morgan fingerprint density at radius 1 is 1.44 bits per heavy atom. The van der Waals surface area contributed by atoms with Crippen molar-refractivity contribution in [1.29, 1.82) is 0 Å². The number of hydrogen-bond donors (Lipinski definition) is 2. The maximum atomic E-state index is 5.58. The molecule has 3 heteroatoms. The van der Waals surface area contributed by atoms with Gasteiger partial charge in [0.1, 0.15) is 5.82 Å². The third-order valence-electron chi connectivity index (χ3n) is 3.06. The Morgan fingerprint density at radius 2 is 2.25 bits per heavy atom. The quantitative estimate of drug-likeness (QED) is 0.827. The van der Waals surface area contributed by atoms with E-state index in [-0.39, 0.29) is 0 Å². The monoisotopic (exact) mass is 217 g/mol. The van der Waals surface area contributed by atoms with Crippen molar-refractivity contribution in [3.05, 3.63) is 29.6 Å². The van der Waals surface area contributed by atoms with Crippen LogP contribution in [0, 0.1) is 0 Å². The highest BCUT2D eigenvalue weighted by atomic mass is 14.9. The number of aromatic amines is 1. The van der Waals surface area contributed by atoms with Crippen molar-refractivity contribution >= 4 is 11.0 Å². The summed E-state index contributed by atoms with van der Waals surface area (Å²) in [6, 6.07) is 6.44. The van der Waals surface area contributed by atoms with Gasteiger partial charge in [-0.3, -0.25) is 0 Å². The number of nitrogens with zero attached hydrogens (tertiary/aromatic N) is 1. The molecular formula is C13H19N3. The molecule has 1 aromatic carbocycles. The van der Waals surface area contributed by atoms with Crippen LogP contribution in [0.3, 0.4) is 0 Å². The largest absolute Gasteiger partial charge is 0.342 e. The lowest BCUT2D eigenvalue weighted by atomic mass is 9.97. The molecule has 3 N–H and O–H groups in total. The van der Waals surface area contributed by atoms with E-state index in [1.807, 2.05) is 0 Å². The molecule has 86 valence electrons. The Bertz CT molecular complexity index is 473. The fourth-order valence-corrected chi connectivity index (χ4v) is 1.97. The normalized spacial score (nSPS) is 13.2. The summed E-state index contributed by atoms with van der Waals surface area (Å²) in [5, 5.41) is 0. The van der Waals surface area contributed by atoms with E-state index in [2.05, 4.69) is 42.0 Å². The number of nitrogens with one attached hydrogen (secondary N) is 1. The minimum absolute atomic E-state index is 0.516. The number of fused-ring (bicyclic) bond motifs is 1. The first-order valence-corrected chi connectivity index (χ1v) is 5.93. The van der Waals surface area contributed by atoms with Crippen LogP contribution >= 0.6 is 0 Å². The van der Waals surface area contributed by atoms with E-state index in [0.717, 1.165) is 36.2 Å². The Morgan fingerprint density at radius 3 is 2.94 bits per heavy atom. The topological polar surface area (TPSA) is 54.7 Å². The summed E-state index contributed by atoms with van der Waals surface area (Å²) in [5.41, 5.74) is 9.12. The van der Waals surface area contributed by atoms with Gasteiger partial charge in [-0.25, -0.2) is 4.98 Å². The number of aryl methyl sites for hydroxylation is 1. The van der Waals surface area contributed by atoms with Crippen LogP contribution in [0.4, 0.5) is 0 Å². The second-order valence-corrected chi connectivity index (χ2v) is 4.29. The summed E-state index contributed by atoms with van der Waals surface area (Å²) < 4.78 is 0. The third kappa shape index (κ3) is 2.09. The van der Waals surface area contributed by atoms with Crippen molar-refractivity contribution in [3.63, 3.8) is 0 Å². The van der Waals surface area contributed by atoms with Gasteiger partial charge in [0, 0.05) is 6.42 Å². The Hall–Kier alpha value is -1.35. The predicted octanol–water partition coefficient (Wildman–Crippen LogP) is 2.58. The zero-order chi connectivity index (χ0) is 11.5. The van der Waals surface area contributed by atoms with Crippen molar-refractivity contribution in [3.8, 4) is 0 Å². The number of benzene rings is 1. The molecule has 0 aliphatic heterocycles. The number of rotatable bonds is 4. The zero-order valence-corrected chi connectivity index (χ0v) is 9.96. The predicted molar refractivity (Wildman–Crippen MR) is 67.6 cm³/mol. The van der Waals surface area contributed by atoms with Crippen molar-refractivity contribution in [2.45, 2.75) is 32.6 Å². The minimum Gasteiger partial charge on any atom is -0.342 e. The van der Waals surface area contributed by atoms with Crippen molar-refractivity contribution in [2.75, 3.05) is 6.54 Å². The van der Waals surface area contributed by atoms with Crippen LogP contribution in [0.15, 0.2) is 18.2 Å². The number of imidazole rings is 1. The van der Waals surface area contributed by atoms with Crippen LogP contribution in [0.1, 0.15) is 37.6 Å². The number of hydrogen-bond acceptors (Lipinski definition) is 2. The lowest BCUT2D eigenvalue weighted by Crippen LogP contribution is -2.04. The van der Waals surface area contributed by atoms with Gasteiger partial charge in [-0.2, -0.15) is 0 Å². The molecule has 1 atom stereocenters. The van der Waals surface area contributed by atoms with Gasteiger partial charge in [-0.1, -0.05) is 19.9 Å². The molecule has 0 saturated carbocycles. The van der Waals surface area contributed by atoms with Gasteiger partial charge in [0.25, 0.3) is 0 Å². The molecule has 0 fully saturated rings. The average molecular weight is 217 g/mol. The number of aromatic nitrogens is 2. The Labute approximate surface area is 96.1 Å². The lowest BCUT2D eigenvalue weighted by Gasteiger charge is -2.09. The summed E-state index contributed by atoms with van der Waals surface area (Å²) >= 11 is 0. The van der Waals surface area contributed by atoms with Crippen LogP contribution in [0.25, 0.3) is 11.0 Å². The molecule has 2 aromatic rings. The standard InChI is InChI=1S/C13H19N3/c1-3-13-15-11-5-4-10(8-12(11)16-13)9(2)6-7-14/h4-5,8-9H,3,6-7,14H2,1-2H3,(H,15,16). The van der Waals surface area contributed by atoms with Crippen molar-refractivity contribution in [1.82, 2.24) is 9.97 Å². The highest BCUT2D eigenvalue weighted by molar-refractivity contribution is 5.76. The molecular weight excluding hydrogens is 198 g/mol. The fourth-order valence-electron chi connectivity index (χ4n) is 1.97. The first-order valence-electron chi connectivity index (χ1n) is 5.93. The maximum Gasteiger partial charge on any atom is 0.106 e. The van der Waals surface area contributed by atoms with E-state index in [4.69, 9.17) is 5.73 Å². The molecule has 0 amide bonds. The van der Waals surface area contributed by atoms with Gasteiger partial charge < -0.3 is 10.7 Å². The van der Waals surface area contributed by atoms with Gasteiger partial charge in [-0.15, -0.1) is 0 Å². The number of nitrogens with two attached hydrogens (primary N) is 1. The van der Waals surface area contributed by atoms with E-state index >= 15 is 0 Å². The van der Waals surface area contributed by atoms with Gasteiger partial charge in [0.15, 0.2) is 0 Å². The van der Waals surface area contributed by atoms with E-state index in [1.54, 1.807) is 0 Å². The molecule has 2 rings (SSSR count). The molecule has 0 bridgehead atoms. The summed E-state index contributed by atoms with van der Waals surface area (Å²) in [5.74, 6) is 1.57. The van der Waals surface area contributed by atoms with Crippen LogP contribution < -0.4 is 5.73 Å². The van der Waals surface area contributed by atoms with Gasteiger partial charge in [-0.05, 0) is 36.6 Å². The van der Waals surface area contributed by atoms with Crippen LogP contribution in [-0.4, -0.2) is 16.5 Å². The molecule has 0 saturated heterocycles. The zero-order valence-electron chi connectivity index (χ0n) is 9.96. The first-order chi connectivity index (χ1) is 7.74. The molecule has 1 aromatic heterocycles. The van der Waals surface area contributed by atoms with Gasteiger partial charge >= 0.3 is 0 Å². The van der Waals surface area contributed by atoms with E-state index < -0.39 is 0 Å². The van der Waals surface area contributed by atoms with Crippen molar-refractivity contribution in [2.24, 2.45) is 5.73 Å². The SMILES string of the molecule is CCc1nc2ccc(C(C)CCN)cc2[nH]1. The molecule has 1 unspecified atom stereocenters. The van der Waals surface area contributed by atoms with Crippen LogP contribution in [-0.2, 0) is 6.42 Å². The first kappa shape index (κ1) is 11.1. The second kappa shape index (κ2) is 4.66. The van der Waals surface area contributed by atoms with E-state index in [9.17, 15) is 0 Å². The molecule has 0 radical (unpaired) electrons. The van der Waals surface area contributed by atoms with Crippen LogP contribution in [0.2, 0.25) is 0 Å². The van der Waals surface area contributed by atoms with Crippen molar-refractivity contribution < 1.29 is 0 Å². The summed E-state index contributed by atoms with van der Waals surface area (Å²) in [7, 11) is 0. The van der Waals surface area contributed by atoms with E-state index in [1.165, 1.54) is 5.56 Å².